The second kappa shape index (κ2) is 9.56. The zero-order valence-corrected chi connectivity index (χ0v) is 16.3. The van der Waals surface area contributed by atoms with E-state index in [1.807, 2.05) is 0 Å². The first-order valence-electron chi connectivity index (χ1n) is 9.20. The Morgan fingerprint density at radius 3 is 2.50 bits per heavy atom. The van der Waals surface area contributed by atoms with Crippen molar-refractivity contribution in [3.8, 4) is 0 Å². The van der Waals surface area contributed by atoms with Crippen molar-refractivity contribution < 1.29 is 32.3 Å². The highest BCUT2D eigenvalue weighted by molar-refractivity contribution is 5.89. The average Bonchev–Trinajstić information content (AvgIpc) is 3.12. The number of amides is 2. The molecule has 12 heteroatoms. The van der Waals surface area contributed by atoms with E-state index in [4.69, 9.17) is 0 Å². The van der Waals surface area contributed by atoms with Crippen molar-refractivity contribution in [3.63, 3.8) is 0 Å². The molecule has 1 heterocycles. The van der Waals surface area contributed by atoms with Crippen molar-refractivity contribution >= 4 is 29.1 Å². The minimum absolute atomic E-state index is 0.0548. The third-order valence-corrected chi connectivity index (χ3v) is 4.30. The summed E-state index contributed by atoms with van der Waals surface area (Å²) in [4.78, 5) is 28.0. The molecule has 2 amide bonds. The van der Waals surface area contributed by atoms with Crippen molar-refractivity contribution in [2.45, 2.75) is 18.8 Å². The Labute approximate surface area is 178 Å². The molecule has 0 saturated carbocycles. The van der Waals surface area contributed by atoms with Gasteiger partial charge >= 0.3 is 6.18 Å². The molecule has 0 radical (unpaired) electrons. The van der Waals surface area contributed by atoms with Crippen LogP contribution < -0.4 is 10.7 Å². The topological polar surface area (TPSA) is 109 Å². The molecule has 2 aromatic carbocycles. The predicted octanol–water partition coefficient (Wildman–Crippen LogP) is 1.82. The lowest BCUT2D eigenvalue weighted by molar-refractivity contribution is -0.147. The van der Waals surface area contributed by atoms with Crippen LogP contribution in [0.1, 0.15) is 11.4 Å². The number of rotatable bonds is 7. The number of benzene rings is 2. The van der Waals surface area contributed by atoms with E-state index in [9.17, 15) is 32.3 Å². The highest BCUT2D eigenvalue weighted by Crippen LogP contribution is 2.31. The molecule has 8 nitrogen and oxygen atoms in total. The molecular formula is C20H17F4N5O3. The summed E-state index contributed by atoms with van der Waals surface area (Å²) in [6.45, 7) is -1.60. The van der Waals surface area contributed by atoms with Gasteiger partial charge in [0.25, 0.3) is 5.91 Å². The lowest BCUT2D eigenvalue weighted by Crippen LogP contribution is -2.48. The van der Waals surface area contributed by atoms with Gasteiger partial charge in [0.1, 0.15) is 18.4 Å². The third-order valence-electron chi connectivity index (χ3n) is 4.30. The van der Waals surface area contributed by atoms with Crippen molar-refractivity contribution in [3.05, 3.63) is 65.7 Å². The summed E-state index contributed by atoms with van der Waals surface area (Å²) in [6, 6.07) is 9.50. The molecule has 3 rings (SSSR count). The van der Waals surface area contributed by atoms with E-state index in [1.54, 1.807) is 0 Å². The molecule has 3 aromatic rings. The van der Waals surface area contributed by atoms with Gasteiger partial charge in [0, 0.05) is 0 Å². The van der Waals surface area contributed by atoms with E-state index in [0.29, 0.717) is 10.1 Å². The van der Waals surface area contributed by atoms with Gasteiger partial charge in [-0.2, -0.15) is 18.3 Å². The summed E-state index contributed by atoms with van der Waals surface area (Å²) in [5.41, 5.74) is 2.71. The van der Waals surface area contributed by atoms with Crippen LogP contribution in [0.2, 0.25) is 0 Å². The maximum atomic E-state index is 13.3. The van der Waals surface area contributed by atoms with Gasteiger partial charge in [0.05, 0.1) is 23.9 Å². The molecule has 1 unspecified atom stereocenters. The maximum Gasteiger partial charge on any atom is 0.449 e. The SMILES string of the molecule is O=C(Cn1c(C(F)(F)F)nc2ccccc21)NC(CO)C(=O)NN=Cc1ccc(F)cc1. The molecule has 0 aliphatic heterocycles. The lowest BCUT2D eigenvalue weighted by Gasteiger charge is -2.16. The number of hydrogen-bond acceptors (Lipinski definition) is 5. The Morgan fingerprint density at radius 2 is 1.84 bits per heavy atom. The zero-order valence-electron chi connectivity index (χ0n) is 16.3. The van der Waals surface area contributed by atoms with E-state index in [0.717, 1.165) is 0 Å². The van der Waals surface area contributed by atoms with Gasteiger partial charge in [-0.1, -0.05) is 24.3 Å². The number of hydrazone groups is 1. The van der Waals surface area contributed by atoms with Crippen molar-refractivity contribution in [2.75, 3.05) is 6.61 Å². The summed E-state index contributed by atoms with van der Waals surface area (Å²) in [7, 11) is 0. The first-order chi connectivity index (χ1) is 15.2. The summed E-state index contributed by atoms with van der Waals surface area (Å²) >= 11 is 0. The molecule has 168 valence electrons. The molecule has 3 N–H and O–H groups in total. The molecule has 0 aliphatic carbocycles. The summed E-state index contributed by atoms with van der Waals surface area (Å²) in [5, 5.41) is 15.2. The fourth-order valence-corrected chi connectivity index (χ4v) is 2.83. The van der Waals surface area contributed by atoms with Crippen LogP contribution in [0.5, 0.6) is 0 Å². The molecule has 0 fully saturated rings. The number of hydrogen-bond donors (Lipinski definition) is 3. The van der Waals surface area contributed by atoms with Crippen molar-refractivity contribution in [1.82, 2.24) is 20.3 Å². The Morgan fingerprint density at radius 1 is 1.16 bits per heavy atom. The second-order valence-corrected chi connectivity index (χ2v) is 6.60. The molecule has 0 spiro atoms. The minimum atomic E-state index is -4.80. The van der Waals surface area contributed by atoms with Crippen molar-refractivity contribution in [2.24, 2.45) is 5.10 Å². The zero-order chi connectivity index (χ0) is 23.3. The maximum absolute atomic E-state index is 13.3. The number of aliphatic hydroxyl groups excluding tert-OH is 1. The molecular weight excluding hydrogens is 434 g/mol. The number of alkyl halides is 3. The van der Waals surface area contributed by atoms with Gasteiger partial charge in [-0.05, 0) is 29.8 Å². The minimum Gasteiger partial charge on any atom is -0.394 e. The van der Waals surface area contributed by atoms with Gasteiger partial charge in [0.2, 0.25) is 11.7 Å². The van der Waals surface area contributed by atoms with Crippen LogP contribution in [-0.4, -0.2) is 45.3 Å². The van der Waals surface area contributed by atoms with Crippen LogP contribution in [0.15, 0.2) is 53.6 Å². The molecule has 1 aromatic heterocycles. The second-order valence-electron chi connectivity index (χ2n) is 6.60. The van der Waals surface area contributed by atoms with Gasteiger partial charge in [0.15, 0.2) is 0 Å². The molecule has 32 heavy (non-hydrogen) atoms. The number of fused-ring (bicyclic) bond motifs is 1. The first kappa shape index (κ1) is 22.9. The normalized spacial score (nSPS) is 12.8. The number of nitrogens with one attached hydrogen (secondary N) is 2. The number of para-hydroxylation sites is 2. The number of carbonyl (C=O) groups is 2. The van der Waals surface area contributed by atoms with Crippen LogP contribution in [0.3, 0.4) is 0 Å². The average molecular weight is 451 g/mol. The Balaban J connectivity index is 1.68. The Hall–Kier alpha value is -3.80. The van der Waals surface area contributed by atoms with Gasteiger partial charge in [-0.15, -0.1) is 0 Å². The van der Waals surface area contributed by atoms with Gasteiger partial charge in [-0.3, -0.25) is 9.59 Å². The fraction of sp³-hybridized carbons (Fsp3) is 0.200. The van der Waals surface area contributed by atoms with Gasteiger partial charge < -0.3 is 15.0 Å². The highest BCUT2D eigenvalue weighted by Gasteiger charge is 2.38. The van der Waals surface area contributed by atoms with Crippen LogP contribution in [0.4, 0.5) is 17.6 Å². The Kier molecular flexibility index (Phi) is 6.83. The van der Waals surface area contributed by atoms with E-state index in [-0.39, 0.29) is 11.0 Å². The third kappa shape index (κ3) is 5.46. The monoisotopic (exact) mass is 451 g/mol. The number of carbonyl (C=O) groups excluding carboxylic acids is 2. The fourth-order valence-electron chi connectivity index (χ4n) is 2.83. The van der Waals surface area contributed by atoms with Crippen LogP contribution in [-0.2, 0) is 22.3 Å². The number of aliphatic hydroxyl groups is 1. The van der Waals surface area contributed by atoms with Gasteiger partial charge in [-0.25, -0.2) is 14.8 Å². The highest BCUT2D eigenvalue weighted by atomic mass is 19.4. The smallest absolute Gasteiger partial charge is 0.394 e. The standard InChI is InChI=1S/C20H17F4N5O3/c21-13-7-5-12(6-8-13)9-25-28-18(32)15(11-30)26-17(31)10-29-16-4-2-1-3-14(16)27-19(29)20(22,23)24/h1-9,15,30H,10-11H2,(H,26,31)(H,28,32). The lowest BCUT2D eigenvalue weighted by atomic mass is 10.2. The summed E-state index contributed by atoms with van der Waals surface area (Å²) in [5.74, 6) is -3.56. The molecule has 0 aliphatic rings. The van der Waals surface area contributed by atoms with E-state index in [2.05, 4.69) is 20.8 Å². The largest absolute Gasteiger partial charge is 0.449 e. The molecule has 0 saturated heterocycles. The first-order valence-corrected chi connectivity index (χ1v) is 9.20. The Bertz CT molecular complexity index is 1140. The number of nitrogens with zero attached hydrogens (tertiary/aromatic N) is 3. The van der Waals surface area contributed by atoms with Crippen LogP contribution in [0, 0.1) is 5.82 Å². The van der Waals surface area contributed by atoms with E-state index < -0.39 is 48.8 Å². The van der Waals surface area contributed by atoms with E-state index >= 15 is 0 Å². The van der Waals surface area contributed by atoms with Crippen molar-refractivity contribution in [1.29, 1.82) is 0 Å². The molecule has 1 atom stereocenters. The number of imidazole rings is 1. The van der Waals surface area contributed by atoms with Crippen LogP contribution >= 0.6 is 0 Å². The quantitative estimate of drug-likeness (QED) is 0.289. The van der Waals surface area contributed by atoms with Crippen LogP contribution in [0.25, 0.3) is 11.0 Å². The number of halogens is 4. The predicted molar refractivity (Wildman–Crippen MR) is 106 cm³/mol. The summed E-state index contributed by atoms with van der Waals surface area (Å²) < 4.78 is 53.6. The van der Waals surface area contributed by atoms with E-state index in [1.165, 1.54) is 54.7 Å². The number of aromatic nitrogens is 2. The summed E-state index contributed by atoms with van der Waals surface area (Å²) in [6.07, 6.45) is -3.59. The molecule has 0 bridgehead atoms.